The Bertz CT molecular complexity index is 402. The maximum Gasteiger partial charge on any atom is 0.142 e. The minimum atomic E-state index is -0.812. The van der Waals surface area contributed by atoms with E-state index in [0.717, 1.165) is 10.3 Å². The van der Waals surface area contributed by atoms with Gasteiger partial charge in [0.05, 0.1) is 9.50 Å². The molecule has 90 valence electrons. The van der Waals surface area contributed by atoms with Gasteiger partial charge in [0.1, 0.15) is 5.82 Å². The van der Waals surface area contributed by atoms with Crippen LogP contribution in [0, 0.1) is 0 Å². The fourth-order valence-electron chi connectivity index (χ4n) is 1.33. The second-order valence-electron chi connectivity index (χ2n) is 3.66. The Labute approximate surface area is 112 Å². The summed E-state index contributed by atoms with van der Waals surface area (Å²) in [5, 5.41) is 0.593. The lowest BCUT2D eigenvalue weighted by atomic mass is 10.3. The summed E-state index contributed by atoms with van der Waals surface area (Å²) in [6.45, 7) is 2.02. The molecule has 0 aliphatic carbocycles. The van der Waals surface area contributed by atoms with Crippen molar-refractivity contribution in [3.05, 3.63) is 21.8 Å². The topological polar surface area (TPSA) is 33.2 Å². The standard InChI is InChI=1S/C10H14BrClN2OS/c1-7(6-16(3)15)14(2)10-9(11)4-8(12)5-13-10/h4-5,7H,6H2,1-3H3. The van der Waals surface area contributed by atoms with Crippen LogP contribution < -0.4 is 4.90 Å². The fourth-order valence-corrected chi connectivity index (χ4v) is 3.15. The van der Waals surface area contributed by atoms with E-state index in [4.69, 9.17) is 11.6 Å². The summed E-state index contributed by atoms with van der Waals surface area (Å²) in [5.41, 5.74) is 0. The van der Waals surface area contributed by atoms with Crippen LogP contribution in [0.3, 0.4) is 0 Å². The van der Waals surface area contributed by atoms with Crippen molar-refractivity contribution in [3.8, 4) is 0 Å². The van der Waals surface area contributed by atoms with Crippen LogP contribution in [-0.4, -0.2) is 34.3 Å². The van der Waals surface area contributed by atoms with Gasteiger partial charge in [-0.05, 0) is 28.9 Å². The van der Waals surface area contributed by atoms with Gasteiger partial charge in [-0.2, -0.15) is 0 Å². The third-order valence-electron chi connectivity index (χ3n) is 2.26. The number of rotatable bonds is 4. The van der Waals surface area contributed by atoms with Gasteiger partial charge < -0.3 is 4.90 Å². The Hall–Kier alpha value is -0.130. The first kappa shape index (κ1) is 13.9. The molecule has 0 N–H and O–H groups in total. The van der Waals surface area contributed by atoms with E-state index in [1.165, 1.54) is 0 Å². The van der Waals surface area contributed by atoms with Crippen molar-refractivity contribution in [3.63, 3.8) is 0 Å². The third-order valence-corrected chi connectivity index (χ3v) is 4.00. The number of pyridine rings is 1. The van der Waals surface area contributed by atoms with E-state index >= 15 is 0 Å². The summed E-state index contributed by atoms with van der Waals surface area (Å²) < 4.78 is 12.0. The van der Waals surface area contributed by atoms with Gasteiger partial charge in [0.2, 0.25) is 0 Å². The van der Waals surface area contributed by atoms with Crippen molar-refractivity contribution in [2.45, 2.75) is 13.0 Å². The Balaban J connectivity index is 2.87. The monoisotopic (exact) mass is 324 g/mol. The molecule has 0 bridgehead atoms. The second-order valence-corrected chi connectivity index (χ2v) is 6.43. The molecule has 6 heteroatoms. The van der Waals surface area contributed by atoms with Gasteiger partial charge >= 0.3 is 0 Å². The highest BCUT2D eigenvalue weighted by molar-refractivity contribution is 9.10. The zero-order valence-corrected chi connectivity index (χ0v) is 12.6. The molecule has 16 heavy (non-hydrogen) atoms. The number of hydrogen-bond acceptors (Lipinski definition) is 3. The lowest BCUT2D eigenvalue weighted by molar-refractivity contribution is 0.673. The highest BCUT2D eigenvalue weighted by Crippen LogP contribution is 2.26. The number of aromatic nitrogens is 1. The van der Waals surface area contributed by atoms with Crippen molar-refractivity contribution in [2.24, 2.45) is 0 Å². The first-order chi connectivity index (χ1) is 7.41. The molecule has 2 unspecified atom stereocenters. The first-order valence-corrected chi connectivity index (χ1v) is 7.65. The predicted molar refractivity (Wildman–Crippen MR) is 73.7 cm³/mol. The van der Waals surface area contributed by atoms with E-state index in [2.05, 4.69) is 20.9 Å². The van der Waals surface area contributed by atoms with E-state index < -0.39 is 10.8 Å². The largest absolute Gasteiger partial charge is 0.355 e. The summed E-state index contributed by atoms with van der Waals surface area (Å²) in [4.78, 5) is 6.24. The minimum absolute atomic E-state index is 0.163. The molecule has 1 heterocycles. The Morgan fingerprint density at radius 1 is 1.69 bits per heavy atom. The molecule has 3 nitrogen and oxygen atoms in total. The second kappa shape index (κ2) is 5.98. The maximum absolute atomic E-state index is 11.2. The van der Waals surface area contributed by atoms with Crippen LogP contribution >= 0.6 is 27.5 Å². The Morgan fingerprint density at radius 3 is 2.81 bits per heavy atom. The van der Waals surface area contributed by atoms with Crippen LogP contribution in [0.5, 0.6) is 0 Å². The summed E-state index contributed by atoms with van der Waals surface area (Å²) in [5.74, 6) is 1.43. The SMILES string of the molecule is CC(CS(C)=O)N(C)c1ncc(Cl)cc1Br. The molecule has 0 radical (unpaired) electrons. The maximum atomic E-state index is 11.2. The van der Waals surface area contributed by atoms with Gasteiger partial charge in [-0.25, -0.2) is 4.98 Å². The highest BCUT2D eigenvalue weighted by atomic mass is 79.9. The molecule has 0 saturated heterocycles. The van der Waals surface area contributed by atoms with Crippen LogP contribution in [0.15, 0.2) is 16.7 Å². The van der Waals surface area contributed by atoms with Crippen LogP contribution in [0.4, 0.5) is 5.82 Å². The molecular weight excluding hydrogens is 312 g/mol. The Kier molecular flexibility index (Phi) is 5.21. The molecule has 0 spiro atoms. The van der Waals surface area contributed by atoms with Crippen molar-refractivity contribution >= 4 is 44.1 Å². The molecule has 1 aromatic heterocycles. The summed E-state index contributed by atoms with van der Waals surface area (Å²) in [7, 11) is 1.12. The van der Waals surface area contributed by atoms with Crippen LogP contribution in [0.2, 0.25) is 5.02 Å². The molecular formula is C10H14BrClN2OS. The van der Waals surface area contributed by atoms with Crippen molar-refractivity contribution < 1.29 is 4.21 Å². The molecule has 0 saturated carbocycles. The third kappa shape index (κ3) is 3.71. The van der Waals surface area contributed by atoms with Gasteiger partial charge in [0, 0.05) is 42.1 Å². The number of halogens is 2. The highest BCUT2D eigenvalue weighted by Gasteiger charge is 2.15. The lowest BCUT2D eigenvalue weighted by Crippen LogP contribution is -2.34. The van der Waals surface area contributed by atoms with Gasteiger partial charge in [0.15, 0.2) is 0 Å². The van der Waals surface area contributed by atoms with Crippen molar-refractivity contribution in [2.75, 3.05) is 24.0 Å². The van der Waals surface area contributed by atoms with E-state index in [9.17, 15) is 4.21 Å². The Morgan fingerprint density at radius 2 is 2.31 bits per heavy atom. The minimum Gasteiger partial charge on any atom is -0.355 e. The molecule has 2 atom stereocenters. The van der Waals surface area contributed by atoms with E-state index in [-0.39, 0.29) is 6.04 Å². The molecule has 0 aliphatic heterocycles. The predicted octanol–water partition coefficient (Wildman–Crippen LogP) is 2.70. The lowest BCUT2D eigenvalue weighted by Gasteiger charge is -2.26. The van der Waals surface area contributed by atoms with Gasteiger partial charge in [-0.15, -0.1) is 0 Å². The van der Waals surface area contributed by atoms with Crippen LogP contribution in [0.1, 0.15) is 6.92 Å². The van der Waals surface area contributed by atoms with E-state index in [1.807, 2.05) is 18.9 Å². The molecule has 0 fully saturated rings. The smallest absolute Gasteiger partial charge is 0.142 e. The van der Waals surface area contributed by atoms with Crippen molar-refractivity contribution in [1.82, 2.24) is 4.98 Å². The normalized spacial score (nSPS) is 14.6. The number of anilines is 1. The summed E-state index contributed by atoms with van der Waals surface area (Å²) in [6, 6.07) is 1.96. The van der Waals surface area contributed by atoms with Crippen molar-refractivity contribution in [1.29, 1.82) is 0 Å². The molecule has 0 amide bonds. The zero-order chi connectivity index (χ0) is 12.3. The van der Waals surface area contributed by atoms with Gasteiger partial charge in [0.25, 0.3) is 0 Å². The van der Waals surface area contributed by atoms with Crippen LogP contribution in [-0.2, 0) is 10.8 Å². The van der Waals surface area contributed by atoms with Crippen LogP contribution in [0.25, 0.3) is 0 Å². The van der Waals surface area contributed by atoms with Gasteiger partial charge in [-0.1, -0.05) is 11.6 Å². The first-order valence-electron chi connectivity index (χ1n) is 4.75. The molecule has 0 aliphatic rings. The summed E-state index contributed by atoms with van der Waals surface area (Å²) in [6.07, 6.45) is 3.31. The summed E-state index contributed by atoms with van der Waals surface area (Å²) >= 11 is 9.24. The average Bonchev–Trinajstić information content (AvgIpc) is 2.15. The molecule has 1 rings (SSSR count). The fraction of sp³-hybridized carbons (Fsp3) is 0.500. The average molecular weight is 326 g/mol. The molecule has 0 aromatic carbocycles. The van der Waals surface area contributed by atoms with E-state index in [1.54, 1.807) is 18.5 Å². The van der Waals surface area contributed by atoms with E-state index in [0.29, 0.717) is 10.8 Å². The van der Waals surface area contributed by atoms with Gasteiger partial charge in [-0.3, -0.25) is 4.21 Å². The quantitative estimate of drug-likeness (QED) is 0.853. The number of nitrogens with zero attached hydrogens (tertiary/aromatic N) is 2. The number of hydrogen-bond donors (Lipinski definition) is 0. The zero-order valence-electron chi connectivity index (χ0n) is 9.41. The molecule has 1 aromatic rings.